The average molecular weight is 587 g/mol. The molecule has 3 saturated heterocycles. The normalized spacial score (nSPS) is 32.1. The fourth-order valence-corrected chi connectivity index (χ4v) is 9.72. The molecular weight excluding hydrogens is 554 g/mol. The molecule has 0 radical (unpaired) electrons. The van der Waals surface area contributed by atoms with Crippen LogP contribution in [0, 0.1) is 17.8 Å². The molecule has 192 valence electrons. The van der Waals surface area contributed by atoms with Gasteiger partial charge in [0.25, 0.3) is 0 Å². The van der Waals surface area contributed by atoms with E-state index in [2.05, 4.69) is 26.6 Å². The van der Waals surface area contributed by atoms with Gasteiger partial charge >= 0.3 is 0 Å². The second kappa shape index (κ2) is 10.6. The highest BCUT2D eigenvalue weighted by molar-refractivity contribution is 9.09. The number of nitrogens with zero attached hydrogens (tertiary/aromatic N) is 1. The number of fused-ring (bicyclic) bond motifs is 1. The number of nitrogens with one attached hydrogen (secondary N) is 2. The van der Waals surface area contributed by atoms with E-state index in [1.807, 2.05) is 20.8 Å². The summed E-state index contributed by atoms with van der Waals surface area (Å²) in [6, 6.07) is 5.54. The number of aliphatic hydroxyl groups is 1. The standard InChI is InChI=1S/C25H33BrClN3O4S/c1-4-9-28-22(32)18-19-24(34)30(16(12-31)10-13(2)3)21(25(19)11-17(26)20(18)35-25)23(33)29-15-7-5-14(27)6-8-15/h5-8,13,16-21,31H,4,9-12H2,1-3H3,(H,28,32)(H,29,33)/t16-,17?,18+,19+,20+,21?,25?/m1/s1. The van der Waals surface area contributed by atoms with Gasteiger partial charge in [0.1, 0.15) is 6.04 Å². The Morgan fingerprint density at radius 3 is 2.57 bits per heavy atom. The highest BCUT2D eigenvalue weighted by atomic mass is 79.9. The number of aliphatic hydroxyl groups excluding tert-OH is 1. The van der Waals surface area contributed by atoms with Gasteiger partial charge in [-0.2, -0.15) is 0 Å². The molecular formula is C25H33BrClN3O4S. The van der Waals surface area contributed by atoms with Crippen molar-refractivity contribution in [2.45, 2.75) is 66.9 Å². The zero-order valence-electron chi connectivity index (χ0n) is 20.2. The van der Waals surface area contributed by atoms with Gasteiger partial charge in [0.05, 0.1) is 29.2 Å². The summed E-state index contributed by atoms with van der Waals surface area (Å²) in [6.07, 6.45) is 1.97. The topological polar surface area (TPSA) is 98.7 Å². The summed E-state index contributed by atoms with van der Waals surface area (Å²) >= 11 is 11.4. The van der Waals surface area contributed by atoms with E-state index in [0.717, 1.165) is 6.42 Å². The van der Waals surface area contributed by atoms with E-state index in [4.69, 9.17) is 11.6 Å². The summed E-state index contributed by atoms with van der Waals surface area (Å²) in [5, 5.41) is 16.7. The molecule has 7 atom stereocenters. The first-order valence-corrected chi connectivity index (χ1v) is 14.4. The third-order valence-corrected chi connectivity index (χ3v) is 10.8. The van der Waals surface area contributed by atoms with Crippen LogP contribution < -0.4 is 10.6 Å². The van der Waals surface area contributed by atoms with Gasteiger partial charge in [-0.1, -0.05) is 48.3 Å². The van der Waals surface area contributed by atoms with Crippen LogP contribution >= 0.6 is 39.3 Å². The van der Waals surface area contributed by atoms with E-state index in [9.17, 15) is 19.5 Å². The van der Waals surface area contributed by atoms with Crippen LogP contribution in [0.1, 0.15) is 40.0 Å². The lowest BCUT2D eigenvalue weighted by atomic mass is 9.70. The Balaban J connectivity index is 1.75. The molecule has 3 amide bonds. The molecule has 7 nitrogen and oxygen atoms in total. The zero-order valence-corrected chi connectivity index (χ0v) is 23.3. The summed E-state index contributed by atoms with van der Waals surface area (Å²) in [7, 11) is 0. The number of carbonyl (C=O) groups excluding carboxylic acids is 3. The van der Waals surface area contributed by atoms with Gasteiger partial charge in [0.2, 0.25) is 17.7 Å². The number of hydrogen-bond donors (Lipinski definition) is 3. The highest BCUT2D eigenvalue weighted by Crippen LogP contribution is 2.68. The van der Waals surface area contributed by atoms with Crippen LogP contribution in [-0.4, -0.2) is 67.8 Å². The Labute approximate surface area is 224 Å². The van der Waals surface area contributed by atoms with E-state index >= 15 is 0 Å². The SMILES string of the molecule is CCCNC(=O)[C@H]1[C@H]2C(=O)N([C@@H](CO)CC(C)C)C(C(=O)Nc3ccc(Cl)cc3)C23CC(Br)[C@@H]1S3. The smallest absolute Gasteiger partial charge is 0.248 e. The molecule has 0 aliphatic carbocycles. The van der Waals surface area contributed by atoms with Gasteiger partial charge in [-0.05, 0) is 49.4 Å². The maximum absolute atomic E-state index is 14.1. The van der Waals surface area contributed by atoms with Gasteiger partial charge < -0.3 is 20.6 Å². The molecule has 1 aromatic rings. The molecule has 0 aromatic heterocycles. The Morgan fingerprint density at radius 2 is 1.97 bits per heavy atom. The molecule has 1 spiro atoms. The average Bonchev–Trinajstić information content (AvgIpc) is 3.40. The van der Waals surface area contributed by atoms with E-state index in [-0.39, 0.29) is 40.3 Å². The van der Waals surface area contributed by atoms with Crippen LogP contribution in [0.4, 0.5) is 5.69 Å². The summed E-state index contributed by atoms with van der Waals surface area (Å²) in [5.74, 6) is -1.54. The molecule has 3 heterocycles. The molecule has 10 heteroatoms. The number of likely N-dealkylation sites (tertiary alicyclic amines) is 1. The maximum atomic E-state index is 14.1. The predicted octanol–water partition coefficient (Wildman–Crippen LogP) is 3.68. The van der Waals surface area contributed by atoms with Gasteiger partial charge in [-0.3, -0.25) is 14.4 Å². The Hall–Kier alpha value is -1.29. The number of carbonyl (C=O) groups is 3. The molecule has 3 unspecified atom stereocenters. The minimum absolute atomic E-state index is 0.0115. The molecule has 35 heavy (non-hydrogen) atoms. The van der Waals surface area contributed by atoms with Crippen molar-refractivity contribution < 1.29 is 19.5 Å². The molecule has 3 fully saturated rings. The molecule has 3 aliphatic rings. The number of rotatable bonds is 9. The number of halogens is 2. The highest BCUT2D eigenvalue weighted by Gasteiger charge is 2.76. The van der Waals surface area contributed by atoms with Crippen molar-refractivity contribution in [3.8, 4) is 0 Å². The van der Waals surface area contributed by atoms with Gasteiger partial charge in [0.15, 0.2) is 0 Å². The minimum Gasteiger partial charge on any atom is -0.394 e. The van der Waals surface area contributed by atoms with Crippen LogP contribution in [0.2, 0.25) is 5.02 Å². The van der Waals surface area contributed by atoms with Gasteiger partial charge in [0, 0.05) is 27.3 Å². The quantitative estimate of drug-likeness (QED) is 0.384. The maximum Gasteiger partial charge on any atom is 0.248 e. The lowest BCUT2D eigenvalue weighted by Gasteiger charge is -2.37. The van der Waals surface area contributed by atoms with Crippen molar-refractivity contribution in [3.05, 3.63) is 29.3 Å². The van der Waals surface area contributed by atoms with Crippen LogP contribution in [0.15, 0.2) is 24.3 Å². The second-order valence-corrected chi connectivity index (χ2v) is 13.3. The largest absolute Gasteiger partial charge is 0.394 e. The number of hydrogen-bond acceptors (Lipinski definition) is 5. The third kappa shape index (κ3) is 4.74. The molecule has 3 aliphatic heterocycles. The lowest BCUT2D eigenvalue weighted by molar-refractivity contribution is -0.142. The van der Waals surface area contributed by atoms with E-state index in [1.165, 1.54) is 0 Å². The molecule has 2 bridgehead atoms. The van der Waals surface area contributed by atoms with E-state index in [0.29, 0.717) is 30.1 Å². The zero-order chi connectivity index (χ0) is 25.5. The summed E-state index contributed by atoms with van der Waals surface area (Å²) < 4.78 is -0.745. The van der Waals surface area contributed by atoms with Crippen molar-refractivity contribution in [1.29, 1.82) is 0 Å². The molecule has 0 saturated carbocycles. The van der Waals surface area contributed by atoms with Gasteiger partial charge in [-0.25, -0.2) is 0 Å². The van der Waals surface area contributed by atoms with Crippen molar-refractivity contribution in [2.24, 2.45) is 17.8 Å². The Bertz CT molecular complexity index is 980. The van der Waals surface area contributed by atoms with Crippen molar-refractivity contribution in [2.75, 3.05) is 18.5 Å². The van der Waals surface area contributed by atoms with Crippen LogP contribution in [-0.2, 0) is 14.4 Å². The van der Waals surface area contributed by atoms with E-state index in [1.54, 1.807) is 40.9 Å². The molecule has 3 N–H and O–H groups in total. The number of anilines is 1. The lowest BCUT2D eigenvalue weighted by Crippen LogP contribution is -2.55. The number of alkyl halides is 1. The predicted molar refractivity (Wildman–Crippen MR) is 143 cm³/mol. The number of thioether (sulfide) groups is 1. The fraction of sp³-hybridized carbons (Fsp3) is 0.640. The van der Waals surface area contributed by atoms with Gasteiger partial charge in [-0.15, -0.1) is 11.8 Å². The first kappa shape index (κ1) is 26.8. The monoisotopic (exact) mass is 585 g/mol. The van der Waals surface area contributed by atoms with Crippen molar-refractivity contribution >= 4 is 62.7 Å². The first-order valence-electron chi connectivity index (χ1n) is 12.2. The molecule has 4 rings (SSSR count). The summed E-state index contributed by atoms with van der Waals surface area (Å²) in [6.45, 7) is 6.35. The van der Waals surface area contributed by atoms with Crippen molar-refractivity contribution in [1.82, 2.24) is 10.2 Å². The Kier molecular flexibility index (Phi) is 8.10. The first-order chi connectivity index (χ1) is 16.6. The fourth-order valence-electron chi connectivity index (χ4n) is 5.99. The van der Waals surface area contributed by atoms with Crippen LogP contribution in [0.3, 0.4) is 0 Å². The van der Waals surface area contributed by atoms with Crippen LogP contribution in [0.5, 0.6) is 0 Å². The van der Waals surface area contributed by atoms with Crippen LogP contribution in [0.25, 0.3) is 0 Å². The number of amides is 3. The van der Waals surface area contributed by atoms with Crippen molar-refractivity contribution in [3.63, 3.8) is 0 Å². The number of benzene rings is 1. The summed E-state index contributed by atoms with van der Waals surface area (Å²) in [4.78, 5) is 42.8. The van der Waals surface area contributed by atoms with E-state index < -0.39 is 28.7 Å². The third-order valence-electron chi connectivity index (χ3n) is 7.29. The minimum atomic E-state index is -0.800. The molecule has 1 aromatic carbocycles. The summed E-state index contributed by atoms with van der Waals surface area (Å²) in [5.41, 5.74) is 0.584. The second-order valence-electron chi connectivity index (χ2n) is 10.2. The Morgan fingerprint density at radius 1 is 1.29 bits per heavy atom.